The Morgan fingerprint density at radius 1 is 1.45 bits per heavy atom. The lowest BCUT2D eigenvalue weighted by Crippen LogP contribution is -1.98. The Hall–Kier alpha value is -1.05. The van der Waals surface area contributed by atoms with Gasteiger partial charge in [-0.1, -0.05) is 6.92 Å². The van der Waals surface area contributed by atoms with E-state index < -0.39 is 0 Å². The molecule has 0 spiro atoms. The third-order valence-electron chi connectivity index (χ3n) is 1.97. The molecule has 60 valence electrons. The number of nitrogen functional groups attached to an aromatic ring is 1. The van der Waals surface area contributed by atoms with Crippen molar-refractivity contribution in [1.82, 2.24) is 4.98 Å². The van der Waals surface area contributed by atoms with Crippen molar-refractivity contribution in [3.63, 3.8) is 0 Å². The van der Waals surface area contributed by atoms with Crippen LogP contribution in [0.15, 0.2) is 6.07 Å². The van der Waals surface area contributed by atoms with E-state index in [0.717, 1.165) is 29.1 Å². The maximum Gasteiger partial charge on any atom is 0.0425 e. The molecule has 0 saturated carbocycles. The summed E-state index contributed by atoms with van der Waals surface area (Å²) in [7, 11) is 0. The van der Waals surface area contributed by atoms with Gasteiger partial charge in [0, 0.05) is 17.1 Å². The molecule has 11 heavy (non-hydrogen) atoms. The van der Waals surface area contributed by atoms with Crippen molar-refractivity contribution in [3.05, 3.63) is 23.0 Å². The molecule has 1 aromatic heterocycles. The Balaban J connectivity index is 3.21. The molecule has 2 heteroatoms. The van der Waals surface area contributed by atoms with E-state index in [4.69, 9.17) is 5.73 Å². The third-order valence-corrected chi connectivity index (χ3v) is 1.97. The first kappa shape index (κ1) is 8.05. The normalized spacial score (nSPS) is 10.1. The molecule has 1 rings (SSSR count). The summed E-state index contributed by atoms with van der Waals surface area (Å²) in [5.41, 5.74) is 9.83. The van der Waals surface area contributed by atoms with Crippen LogP contribution in [0.3, 0.4) is 0 Å². The fourth-order valence-corrected chi connectivity index (χ4v) is 1.01. The molecule has 2 nitrogen and oxygen atoms in total. The van der Waals surface area contributed by atoms with Crippen molar-refractivity contribution in [2.45, 2.75) is 27.2 Å². The molecular weight excluding hydrogens is 136 g/mol. The van der Waals surface area contributed by atoms with Gasteiger partial charge in [-0.05, 0) is 31.9 Å². The largest absolute Gasteiger partial charge is 0.398 e. The van der Waals surface area contributed by atoms with Crippen LogP contribution in [0, 0.1) is 13.8 Å². The van der Waals surface area contributed by atoms with Gasteiger partial charge in [-0.25, -0.2) is 0 Å². The lowest BCUT2D eigenvalue weighted by molar-refractivity contribution is 0.995. The van der Waals surface area contributed by atoms with Crippen LogP contribution in [0.25, 0.3) is 0 Å². The summed E-state index contributed by atoms with van der Waals surface area (Å²) in [5.74, 6) is 0. The molecule has 0 atom stereocenters. The van der Waals surface area contributed by atoms with Crippen LogP contribution in [0.2, 0.25) is 0 Å². The number of aromatic nitrogens is 1. The highest BCUT2D eigenvalue weighted by atomic mass is 14.7. The van der Waals surface area contributed by atoms with Crippen LogP contribution in [0.5, 0.6) is 0 Å². The number of rotatable bonds is 1. The Labute approximate surface area is 67.5 Å². The van der Waals surface area contributed by atoms with E-state index >= 15 is 0 Å². The van der Waals surface area contributed by atoms with Gasteiger partial charge >= 0.3 is 0 Å². The standard InChI is InChI=1S/C9H14N2/c1-4-8-5-9(10)6(2)7(3)11-8/h5H,4H2,1-3H3,(H2,10,11). The first-order valence-electron chi connectivity index (χ1n) is 3.87. The molecule has 0 amide bonds. The van der Waals surface area contributed by atoms with Gasteiger partial charge in [0.05, 0.1) is 0 Å². The van der Waals surface area contributed by atoms with Gasteiger partial charge in [0.1, 0.15) is 0 Å². The summed E-state index contributed by atoms with van der Waals surface area (Å²) < 4.78 is 0. The maximum atomic E-state index is 5.76. The number of nitrogens with zero attached hydrogens (tertiary/aromatic N) is 1. The molecule has 0 fully saturated rings. The van der Waals surface area contributed by atoms with Gasteiger partial charge in [-0.15, -0.1) is 0 Å². The Bertz CT molecular complexity index is 243. The minimum absolute atomic E-state index is 0.856. The lowest BCUT2D eigenvalue weighted by Gasteiger charge is -2.05. The number of nitrogens with two attached hydrogens (primary N) is 1. The van der Waals surface area contributed by atoms with Gasteiger partial charge in [-0.2, -0.15) is 0 Å². The highest BCUT2D eigenvalue weighted by molar-refractivity contribution is 5.48. The quantitative estimate of drug-likeness (QED) is 0.663. The predicted octanol–water partition coefficient (Wildman–Crippen LogP) is 1.84. The van der Waals surface area contributed by atoms with Crippen molar-refractivity contribution in [1.29, 1.82) is 0 Å². The second-order valence-electron chi connectivity index (χ2n) is 2.77. The summed E-state index contributed by atoms with van der Waals surface area (Å²) in [5, 5.41) is 0. The molecule has 0 aromatic carbocycles. The first-order valence-corrected chi connectivity index (χ1v) is 3.87. The third kappa shape index (κ3) is 1.50. The Morgan fingerprint density at radius 2 is 2.09 bits per heavy atom. The average Bonchev–Trinajstić information content (AvgIpc) is 1.99. The van der Waals surface area contributed by atoms with Crippen molar-refractivity contribution < 1.29 is 0 Å². The monoisotopic (exact) mass is 150 g/mol. The molecule has 0 aliphatic rings. The first-order chi connectivity index (χ1) is 5.15. The average molecular weight is 150 g/mol. The SMILES string of the molecule is CCc1cc(N)c(C)c(C)n1. The molecule has 0 unspecified atom stereocenters. The molecule has 0 bridgehead atoms. The van der Waals surface area contributed by atoms with Gasteiger partial charge < -0.3 is 5.73 Å². The predicted molar refractivity (Wildman–Crippen MR) is 47.5 cm³/mol. The molecular formula is C9H14N2. The zero-order valence-electron chi connectivity index (χ0n) is 7.31. The van der Waals surface area contributed by atoms with Gasteiger partial charge in [0.15, 0.2) is 0 Å². The number of pyridine rings is 1. The van der Waals surface area contributed by atoms with E-state index in [9.17, 15) is 0 Å². The van der Waals surface area contributed by atoms with E-state index in [0.29, 0.717) is 0 Å². The minimum Gasteiger partial charge on any atom is -0.398 e. The van der Waals surface area contributed by atoms with Crippen LogP contribution in [-0.4, -0.2) is 4.98 Å². The van der Waals surface area contributed by atoms with Crippen molar-refractivity contribution in [3.8, 4) is 0 Å². The van der Waals surface area contributed by atoms with Gasteiger partial charge in [0.25, 0.3) is 0 Å². The summed E-state index contributed by atoms with van der Waals surface area (Å²) in [4.78, 5) is 4.37. The molecule has 0 aliphatic carbocycles. The van der Waals surface area contributed by atoms with Crippen LogP contribution < -0.4 is 5.73 Å². The fourth-order valence-electron chi connectivity index (χ4n) is 1.01. The topological polar surface area (TPSA) is 38.9 Å². The zero-order chi connectivity index (χ0) is 8.43. The molecule has 1 heterocycles. The number of aryl methyl sites for hydroxylation is 2. The van der Waals surface area contributed by atoms with E-state index in [1.165, 1.54) is 0 Å². The van der Waals surface area contributed by atoms with Crippen molar-refractivity contribution in [2.75, 3.05) is 5.73 Å². The maximum absolute atomic E-state index is 5.76. The number of hydrogen-bond acceptors (Lipinski definition) is 2. The molecule has 2 N–H and O–H groups in total. The smallest absolute Gasteiger partial charge is 0.0425 e. The zero-order valence-corrected chi connectivity index (χ0v) is 7.31. The van der Waals surface area contributed by atoms with Crippen LogP contribution in [0.1, 0.15) is 23.9 Å². The van der Waals surface area contributed by atoms with E-state index in [1.807, 2.05) is 19.9 Å². The van der Waals surface area contributed by atoms with Crippen molar-refractivity contribution in [2.24, 2.45) is 0 Å². The summed E-state index contributed by atoms with van der Waals surface area (Å²) in [6, 6.07) is 1.95. The highest BCUT2D eigenvalue weighted by Gasteiger charge is 2.00. The van der Waals surface area contributed by atoms with Crippen LogP contribution >= 0.6 is 0 Å². The second-order valence-corrected chi connectivity index (χ2v) is 2.77. The van der Waals surface area contributed by atoms with E-state index in [1.54, 1.807) is 0 Å². The van der Waals surface area contributed by atoms with Gasteiger partial charge in [-0.3, -0.25) is 4.98 Å². The molecule has 1 aromatic rings. The van der Waals surface area contributed by atoms with E-state index in [-0.39, 0.29) is 0 Å². The number of anilines is 1. The van der Waals surface area contributed by atoms with Crippen molar-refractivity contribution >= 4 is 5.69 Å². The second kappa shape index (κ2) is 2.91. The Kier molecular flexibility index (Phi) is 2.13. The van der Waals surface area contributed by atoms with Crippen LogP contribution in [0.4, 0.5) is 5.69 Å². The lowest BCUT2D eigenvalue weighted by atomic mass is 10.1. The highest BCUT2D eigenvalue weighted by Crippen LogP contribution is 2.14. The Morgan fingerprint density at radius 3 is 2.55 bits per heavy atom. The summed E-state index contributed by atoms with van der Waals surface area (Å²) >= 11 is 0. The van der Waals surface area contributed by atoms with Gasteiger partial charge in [0.2, 0.25) is 0 Å². The molecule has 0 radical (unpaired) electrons. The fraction of sp³-hybridized carbons (Fsp3) is 0.444. The van der Waals surface area contributed by atoms with E-state index in [2.05, 4.69) is 11.9 Å². The summed E-state index contributed by atoms with van der Waals surface area (Å²) in [6.07, 6.45) is 0.950. The molecule has 0 aliphatic heterocycles. The minimum atomic E-state index is 0.856. The molecule has 0 saturated heterocycles. The van der Waals surface area contributed by atoms with Crippen LogP contribution in [-0.2, 0) is 6.42 Å². The number of hydrogen-bond donors (Lipinski definition) is 1. The summed E-state index contributed by atoms with van der Waals surface area (Å²) in [6.45, 7) is 6.07.